The summed E-state index contributed by atoms with van der Waals surface area (Å²) in [5.41, 5.74) is -0.824. The molecule has 4 atom stereocenters. The molecule has 1 aromatic carbocycles. The Kier molecular flexibility index (Phi) is 11.9. The van der Waals surface area contributed by atoms with Gasteiger partial charge in [-0.1, -0.05) is 6.92 Å². The average Bonchev–Trinajstić information content (AvgIpc) is 3.80. The largest absolute Gasteiger partial charge is 1.00 e. The number of amides is 2. The Morgan fingerprint density at radius 3 is 2.32 bits per heavy atom. The number of carbonyl (C=O) groups excluding carboxylic acids is 4. The van der Waals surface area contributed by atoms with Gasteiger partial charge in [0.15, 0.2) is 5.43 Å². The first kappa shape index (κ1) is 37.7. The van der Waals surface area contributed by atoms with Crippen LogP contribution in [-0.4, -0.2) is 94.1 Å². The Morgan fingerprint density at radius 2 is 1.74 bits per heavy atom. The second-order valence-corrected chi connectivity index (χ2v) is 12.9. The maximum Gasteiger partial charge on any atom is 1.00 e. The van der Waals surface area contributed by atoms with Gasteiger partial charge in [0.05, 0.1) is 52.5 Å². The number of rotatable bonds is 9. The molecule has 0 spiro atoms. The number of carbonyl (C=O) groups is 4. The van der Waals surface area contributed by atoms with E-state index in [1.165, 1.54) is 34.7 Å². The molecule has 0 bridgehead atoms. The molecule has 47 heavy (non-hydrogen) atoms. The molecule has 4 aliphatic rings. The standard InChI is InChI=1S/C30H33FN4O9S.2Na/c1-14-23-22(15(2)36)27(38)35(23)24(29(41)42)26(14)45-10-9-44-30(43)33-7-5-32(6-8-33)21-12-20-17(11-19(21)31)25(37)18(28(39)40)13-34(20)16-3-4-16;;/h11-16,22-23,36H,3-10H2,1-2H3,(H,39,40)(H,41,42);;/q;2*+1/p-2/t14-,15+,22-,23-;;/m0../s1. The minimum Gasteiger partial charge on any atom is -0.545 e. The third-order valence-corrected chi connectivity index (χ3v) is 10.3. The number of aliphatic hydroxyl groups is 1. The fourth-order valence-corrected chi connectivity index (χ4v) is 7.72. The van der Waals surface area contributed by atoms with Crippen molar-refractivity contribution in [1.82, 2.24) is 14.4 Å². The van der Waals surface area contributed by atoms with Crippen LogP contribution in [0.25, 0.3) is 10.9 Å². The van der Waals surface area contributed by atoms with Gasteiger partial charge in [0.2, 0.25) is 5.91 Å². The summed E-state index contributed by atoms with van der Waals surface area (Å²) in [6, 6.07) is 2.17. The molecule has 240 valence electrons. The van der Waals surface area contributed by atoms with Crippen molar-refractivity contribution < 1.29 is 103 Å². The number of nitrogens with zero attached hydrogens (tertiary/aromatic N) is 4. The maximum atomic E-state index is 15.3. The Morgan fingerprint density at radius 1 is 1.09 bits per heavy atom. The van der Waals surface area contributed by atoms with Crippen molar-refractivity contribution >= 4 is 52.3 Å². The summed E-state index contributed by atoms with van der Waals surface area (Å²) in [5, 5.41) is 33.3. The number of halogens is 1. The number of thioether (sulfide) groups is 1. The first-order chi connectivity index (χ1) is 21.4. The summed E-state index contributed by atoms with van der Waals surface area (Å²) in [6.45, 7) is 4.30. The van der Waals surface area contributed by atoms with Crippen molar-refractivity contribution in [2.75, 3.05) is 43.4 Å². The molecule has 2 amide bonds. The van der Waals surface area contributed by atoms with Crippen LogP contribution in [0.4, 0.5) is 14.9 Å². The fraction of sp³-hybridized carbons (Fsp3) is 0.500. The van der Waals surface area contributed by atoms with Gasteiger partial charge in [0.25, 0.3) is 0 Å². The predicted octanol–water partition coefficient (Wildman–Crippen LogP) is -6.34. The van der Waals surface area contributed by atoms with Crippen LogP contribution < -0.4 is 79.7 Å². The predicted molar refractivity (Wildman–Crippen MR) is 155 cm³/mol. The molecule has 1 N–H and O–H groups in total. The molecule has 13 nitrogen and oxygen atoms in total. The van der Waals surface area contributed by atoms with Gasteiger partial charge in [-0.15, -0.1) is 11.8 Å². The number of piperazine rings is 1. The second kappa shape index (κ2) is 14.8. The second-order valence-electron chi connectivity index (χ2n) is 11.8. The van der Waals surface area contributed by atoms with E-state index in [1.807, 2.05) is 0 Å². The van der Waals surface area contributed by atoms with Crippen LogP contribution in [-0.2, 0) is 14.3 Å². The van der Waals surface area contributed by atoms with Crippen molar-refractivity contribution in [3.05, 3.63) is 50.5 Å². The number of carboxylic acid groups (broad SMARTS) is 2. The van der Waals surface area contributed by atoms with E-state index in [0.717, 1.165) is 18.9 Å². The van der Waals surface area contributed by atoms with Gasteiger partial charge in [0.1, 0.15) is 12.4 Å². The number of aliphatic hydroxyl groups excluding tert-OH is 1. The van der Waals surface area contributed by atoms with Crippen LogP contribution in [0, 0.1) is 17.7 Å². The van der Waals surface area contributed by atoms with E-state index in [0.29, 0.717) is 10.4 Å². The number of aliphatic carboxylic acids is 1. The van der Waals surface area contributed by atoms with E-state index in [2.05, 4.69) is 0 Å². The summed E-state index contributed by atoms with van der Waals surface area (Å²) >= 11 is 1.17. The number of pyridine rings is 1. The molecule has 2 aromatic rings. The number of aromatic nitrogens is 1. The number of benzene rings is 1. The first-order valence-corrected chi connectivity index (χ1v) is 15.7. The third kappa shape index (κ3) is 6.87. The zero-order valence-electron chi connectivity index (χ0n) is 26.6. The van der Waals surface area contributed by atoms with E-state index < -0.39 is 58.8 Å². The topological polar surface area (TPSA) is 176 Å². The molecular weight excluding hydrogens is 657 g/mol. The molecule has 1 aromatic heterocycles. The quantitative estimate of drug-likeness (QED) is 0.151. The molecule has 1 saturated carbocycles. The average molecular weight is 689 g/mol. The van der Waals surface area contributed by atoms with Crippen molar-refractivity contribution in [3.8, 4) is 0 Å². The van der Waals surface area contributed by atoms with Crippen LogP contribution in [0.2, 0.25) is 0 Å². The van der Waals surface area contributed by atoms with E-state index in [4.69, 9.17) is 4.74 Å². The van der Waals surface area contributed by atoms with Gasteiger partial charge in [-0.3, -0.25) is 9.59 Å². The smallest absolute Gasteiger partial charge is 0.545 e. The Hall–Kier alpha value is -2.11. The van der Waals surface area contributed by atoms with Crippen molar-refractivity contribution in [3.63, 3.8) is 0 Å². The molecule has 0 radical (unpaired) electrons. The number of fused-ring (bicyclic) bond motifs is 2. The van der Waals surface area contributed by atoms with Crippen molar-refractivity contribution in [1.29, 1.82) is 0 Å². The van der Waals surface area contributed by atoms with Crippen LogP contribution in [0.15, 0.2) is 33.7 Å². The maximum absolute atomic E-state index is 15.3. The Bertz CT molecular complexity index is 1710. The summed E-state index contributed by atoms with van der Waals surface area (Å²) in [6.07, 6.45) is 1.40. The number of anilines is 1. The number of β-lactam (4-membered cyclic amide) rings is 1. The number of hydrogen-bond acceptors (Lipinski definition) is 11. The van der Waals surface area contributed by atoms with Crippen molar-refractivity contribution in [2.24, 2.45) is 11.8 Å². The Labute approximate surface area is 317 Å². The summed E-state index contributed by atoms with van der Waals surface area (Å²) in [4.78, 5) is 66.1. The molecule has 6 rings (SSSR count). The van der Waals surface area contributed by atoms with E-state index in [-0.39, 0.29) is 126 Å². The zero-order valence-corrected chi connectivity index (χ0v) is 31.4. The molecule has 3 fully saturated rings. The van der Waals surface area contributed by atoms with Gasteiger partial charge in [-0.2, -0.15) is 0 Å². The normalized spacial score (nSPS) is 22.7. The number of ether oxygens (including phenoxy) is 1. The molecular formula is C30H31FN4Na2O9S. The molecule has 17 heteroatoms. The van der Waals surface area contributed by atoms with Gasteiger partial charge >= 0.3 is 65.2 Å². The van der Waals surface area contributed by atoms with Crippen molar-refractivity contribution in [2.45, 2.75) is 44.9 Å². The number of carboxylic acids is 2. The molecule has 4 heterocycles. The van der Waals surface area contributed by atoms with Gasteiger partial charge in [-0.25, -0.2) is 9.18 Å². The van der Waals surface area contributed by atoms with E-state index in [9.17, 15) is 39.3 Å². The summed E-state index contributed by atoms with van der Waals surface area (Å²) < 4.78 is 22.4. The summed E-state index contributed by atoms with van der Waals surface area (Å²) in [5.74, 6) is -4.98. The molecule has 3 aliphatic heterocycles. The van der Waals surface area contributed by atoms with Gasteiger partial charge < -0.3 is 48.9 Å². The molecule has 0 unspecified atom stereocenters. The third-order valence-electron chi connectivity index (χ3n) is 9.01. The monoisotopic (exact) mass is 688 g/mol. The van der Waals surface area contributed by atoms with Gasteiger partial charge in [0, 0.05) is 60.4 Å². The summed E-state index contributed by atoms with van der Waals surface area (Å²) in [7, 11) is 0. The first-order valence-electron chi connectivity index (χ1n) is 14.8. The molecule has 1 aliphatic carbocycles. The number of aromatic carboxylic acids is 1. The van der Waals surface area contributed by atoms with Crippen LogP contribution >= 0.6 is 11.8 Å². The van der Waals surface area contributed by atoms with Crippen LogP contribution in [0.1, 0.15) is 43.1 Å². The van der Waals surface area contributed by atoms with Crippen LogP contribution in [0.3, 0.4) is 0 Å². The van der Waals surface area contributed by atoms with Gasteiger partial charge in [-0.05, 0) is 31.9 Å². The van der Waals surface area contributed by atoms with E-state index in [1.54, 1.807) is 22.5 Å². The van der Waals surface area contributed by atoms with Crippen LogP contribution in [0.5, 0.6) is 0 Å². The Balaban J connectivity index is 0.00000250. The zero-order chi connectivity index (χ0) is 32.3. The molecule has 2 saturated heterocycles. The fourth-order valence-electron chi connectivity index (χ4n) is 6.61. The van der Waals surface area contributed by atoms with E-state index >= 15 is 4.39 Å². The number of hydrogen-bond donors (Lipinski definition) is 1. The minimum absolute atomic E-state index is 0. The SMILES string of the molecule is C[C@@H]1C(SCCOC(=O)N2CCN(c3cc4c(cc3F)c(=O)c(C(=O)[O-])cn4C3CC3)CC2)=C(C(=O)[O-])N2C(=O)[C@@H]([C@@H](C)O)[C@H]12.[Na+].[Na+]. The minimum atomic E-state index is -1.61.